The Hall–Kier alpha value is -2.14. The van der Waals surface area contributed by atoms with E-state index in [1.807, 2.05) is 0 Å². The Balaban J connectivity index is 1.67. The first-order chi connectivity index (χ1) is 13.1. The summed E-state index contributed by atoms with van der Waals surface area (Å²) in [4.78, 5) is 24.9. The summed E-state index contributed by atoms with van der Waals surface area (Å²) in [5.41, 5.74) is -3.28. The Kier molecular flexibility index (Phi) is 5.94. The number of hydrogen-bond acceptors (Lipinski definition) is 5. The van der Waals surface area contributed by atoms with Crippen LogP contribution in [0.4, 0.5) is 13.2 Å². The zero-order valence-electron chi connectivity index (χ0n) is 14.3. The van der Waals surface area contributed by atoms with Crippen molar-refractivity contribution in [3.05, 3.63) is 67.4 Å². The number of hydrogen-bond donors (Lipinski definition) is 2. The van der Waals surface area contributed by atoms with E-state index in [0.29, 0.717) is 15.8 Å². The highest BCUT2D eigenvalue weighted by Gasteiger charge is 2.39. The molecule has 28 heavy (non-hydrogen) atoms. The van der Waals surface area contributed by atoms with Gasteiger partial charge >= 0.3 is 11.9 Å². The van der Waals surface area contributed by atoms with Gasteiger partial charge in [-0.25, -0.2) is 4.79 Å². The van der Waals surface area contributed by atoms with Gasteiger partial charge in [0.25, 0.3) is 5.56 Å². The Bertz CT molecular complexity index is 942. The van der Waals surface area contributed by atoms with Crippen LogP contribution in [0, 0.1) is 0 Å². The molecule has 0 saturated carbocycles. The van der Waals surface area contributed by atoms with Crippen molar-refractivity contribution in [2.24, 2.45) is 0 Å². The average Bonchev–Trinajstić information content (AvgIpc) is 2.96. The van der Waals surface area contributed by atoms with E-state index in [9.17, 15) is 27.9 Å². The van der Waals surface area contributed by atoms with Gasteiger partial charge in [-0.2, -0.15) is 13.2 Å². The summed E-state index contributed by atoms with van der Waals surface area (Å²) in [5.74, 6) is 0. The number of halogens is 4. The lowest BCUT2D eigenvalue weighted by atomic mass is 10.2. The molecule has 0 amide bonds. The van der Waals surface area contributed by atoms with E-state index in [1.54, 1.807) is 29.2 Å². The van der Waals surface area contributed by atoms with Gasteiger partial charge in [0.15, 0.2) is 0 Å². The van der Waals surface area contributed by atoms with Crippen molar-refractivity contribution in [3.63, 3.8) is 0 Å². The molecular formula is C17H16ClF3N2O5. The summed E-state index contributed by atoms with van der Waals surface area (Å²) < 4.78 is 50.3. The Morgan fingerprint density at radius 3 is 2.61 bits per heavy atom. The fraction of sp³-hybridized carbons (Fsp3) is 0.412. The van der Waals surface area contributed by atoms with Gasteiger partial charge in [0, 0.05) is 17.6 Å². The van der Waals surface area contributed by atoms with Gasteiger partial charge in [0.1, 0.15) is 17.9 Å². The molecule has 2 aromatic rings. The maximum Gasteiger partial charge on any atom is 0.423 e. The van der Waals surface area contributed by atoms with Crippen LogP contribution in [-0.4, -0.2) is 33.5 Å². The Labute approximate surface area is 161 Å². The molecule has 1 aliphatic rings. The standard InChI is InChI=1S/C17H16ClF3N2O5/c18-10-3-1-9(2-4-10)7-27-8-13-12(24)5-14(28-13)23-6-11(17(19,20)21)15(25)22-16(23)26/h1-4,6,12-14,24H,5,7-8H2,(H,22,25,26)/t12-,13+,14+/m0/s1. The van der Waals surface area contributed by atoms with Crippen LogP contribution in [0.3, 0.4) is 0 Å². The molecule has 7 nitrogen and oxygen atoms in total. The molecule has 1 saturated heterocycles. The van der Waals surface area contributed by atoms with E-state index in [4.69, 9.17) is 21.1 Å². The Morgan fingerprint density at radius 2 is 1.96 bits per heavy atom. The molecule has 1 aromatic heterocycles. The third kappa shape index (κ3) is 4.64. The van der Waals surface area contributed by atoms with Gasteiger partial charge in [0.05, 0.1) is 19.3 Å². The molecule has 0 aliphatic carbocycles. The minimum absolute atomic E-state index is 0.0372. The molecule has 0 bridgehead atoms. The van der Waals surface area contributed by atoms with Crippen molar-refractivity contribution in [1.82, 2.24) is 9.55 Å². The number of nitrogens with zero attached hydrogens (tertiary/aromatic N) is 1. The molecule has 3 rings (SSSR count). The summed E-state index contributed by atoms with van der Waals surface area (Å²) in [6, 6.07) is 6.90. The maximum absolute atomic E-state index is 12.9. The number of ether oxygens (including phenoxy) is 2. The summed E-state index contributed by atoms with van der Waals surface area (Å²) in [7, 11) is 0. The van der Waals surface area contributed by atoms with Crippen molar-refractivity contribution in [1.29, 1.82) is 0 Å². The fourth-order valence-electron chi connectivity index (χ4n) is 2.81. The largest absolute Gasteiger partial charge is 0.423 e. The van der Waals surface area contributed by atoms with Crippen LogP contribution in [-0.2, 0) is 22.3 Å². The van der Waals surface area contributed by atoms with Gasteiger partial charge in [-0.15, -0.1) is 0 Å². The first-order valence-electron chi connectivity index (χ1n) is 8.23. The molecule has 3 atom stereocenters. The first-order valence-corrected chi connectivity index (χ1v) is 8.61. The second kappa shape index (κ2) is 8.08. The normalized spacial score (nSPS) is 22.5. The molecule has 2 heterocycles. The number of nitrogens with one attached hydrogen (secondary N) is 1. The van der Waals surface area contributed by atoms with Crippen molar-refractivity contribution >= 4 is 11.6 Å². The number of aromatic amines is 1. The van der Waals surface area contributed by atoms with Gasteiger partial charge in [-0.3, -0.25) is 14.3 Å². The second-order valence-electron chi connectivity index (χ2n) is 6.28. The monoisotopic (exact) mass is 420 g/mol. The van der Waals surface area contributed by atoms with Gasteiger partial charge in [-0.05, 0) is 17.7 Å². The quantitative estimate of drug-likeness (QED) is 0.772. The van der Waals surface area contributed by atoms with E-state index in [2.05, 4.69) is 0 Å². The molecule has 0 spiro atoms. The predicted molar refractivity (Wildman–Crippen MR) is 92.0 cm³/mol. The first kappa shape index (κ1) is 20.6. The number of H-pyrrole nitrogens is 1. The summed E-state index contributed by atoms with van der Waals surface area (Å²) in [6.07, 6.45) is -7.71. The van der Waals surface area contributed by atoms with Gasteiger partial charge in [-0.1, -0.05) is 23.7 Å². The molecule has 1 aromatic carbocycles. The summed E-state index contributed by atoms with van der Waals surface area (Å²) >= 11 is 5.79. The van der Waals surface area contributed by atoms with Crippen molar-refractivity contribution < 1.29 is 27.8 Å². The van der Waals surface area contributed by atoms with E-state index in [0.717, 1.165) is 5.56 Å². The topological polar surface area (TPSA) is 93.6 Å². The van der Waals surface area contributed by atoms with Gasteiger partial charge in [0.2, 0.25) is 0 Å². The number of alkyl halides is 3. The average molecular weight is 421 g/mol. The zero-order chi connectivity index (χ0) is 20.5. The zero-order valence-corrected chi connectivity index (χ0v) is 15.0. The number of aliphatic hydroxyl groups excluding tert-OH is 1. The summed E-state index contributed by atoms with van der Waals surface area (Å²) in [6.45, 7) is 0.176. The SMILES string of the molecule is O=c1[nH]c(=O)n([C@H]2C[C@H](O)[C@@H](COCc3ccc(Cl)cc3)O2)cc1C(F)(F)F. The molecule has 1 aliphatic heterocycles. The molecule has 2 N–H and O–H groups in total. The third-order valence-electron chi connectivity index (χ3n) is 4.25. The van der Waals surface area contributed by atoms with E-state index >= 15 is 0 Å². The highest BCUT2D eigenvalue weighted by Crippen LogP contribution is 2.30. The number of aliphatic hydroxyl groups is 1. The summed E-state index contributed by atoms with van der Waals surface area (Å²) in [5, 5.41) is 10.7. The van der Waals surface area contributed by atoms with E-state index in [-0.39, 0.29) is 19.6 Å². The number of aromatic nitrogens is 2. The van der Waals surface area contributed by atoms with Gasteiger partial charge < -0.3 is 14.6 Å². The minimum Gasteiger partial charge on any atom is -0.390 e. The highest BCUT2D eigenvalue weighted by atomic mass is 35.5. The lowest BCUT2D eigenvalue weighted by molar-refractivity contribution is -0.139. The van der Waals surface area contributed by atoms with Crippen LogP contribution in [0.5, 0.6) is 0 Å². The molecule has 0 unspecified atom stereocenters. The molecular weight excluding hydrogens is 405 g/mol. The van der Waals surface area contributed by atoms with Crippen LogP contribution in [0.1, 0.15) is 23.8 Å². The lowest BCUT2D eigenvalue weighted by Gasteiger charge is -2.17. The maximum atomic E-state index is 12.9. The highest BCUT2D eigenvalue weighted by molar-refractivity contribution is 6.30. The third-order valence-corrected chi connectivity index (χ3v) is 4.50. The van der Waals surface area contributed by atoms with Crippen LogP contribution in [0.25, 0.3) is 0 Å². The lowest BCUT2D eigenvalue weighted by Crippen LogP contribution is -2.36. The minimum atomic E-state index is -4.93. The molecule has 152 valence electrons. The predicted octanol–water partition coefficient (Wildman–Crippen LogP) is 2.07. The van der Waals surface area contributed by atoms with Crippen LogP contribution in [0.2, 0.25) is 5.02 Å². The van der Waals surface area contributed by atoms with Crippen LogP contribution in [0.15, 0.2) is 40.1 Å². The van der Waals surface area contributed by atoms with Crippen molar-refractivity contribution in [2.45, 2.75) is 37.6 Å². The van der Waals surface area contributed by atoms with Crippen LogP contribution >= 0.6 is 11.6 Å². The Morgan fingerprint density at radius 1 is 1.29 bits per heavy atom. The van der Waals surface area contributed by atoms with E-state index in [1.165, 1.54) is 0 Å². The van der Waals surface area contributed by atoms with Crippen LogP contribution < -0.4 is 11.2 Å². The van der Waals surface area contributed by atoms with E-state index < -0.39 is 41.4 Å². The molecule has 1 fully saturated rings. The van der Waals surface area contributed by atoms with Crippen molar-refractivity contribution in [2.75, 3.05) is 6.61 Å². The molecule has 0 radical (unpaired) electrons. The second-order valence-corrected chi connectivity index (χ2v) is 6.72. The number of benzene rings is 1. The van der Waals surface area contributed by atoms with Crippen molar-refractivity contribution in [3.8, 4) is 0 Å². The molecule has 11 heteroatoms. The smallest absolute Gasteiger partial charge is 0.390 e. The number of rotatable bonds is 5. The fourth-order valence-corrected chi connectivity index (χ4v) is 2.94.